The Morgan fingerprint density at radius 2 is 1.76 bits per heavy atom. The summed E-state index contributed by atoms with van der Waals surface area (Å²) in [6.07, 6.45) is 0.199. The van der Waals surface area contributed by atoms with Crippen molar-refractivity contribution in [3.63, 3.8) is 0 Å². The van der Waals surface area contributed by atoms with Crippen LogP contribution in [-0.2, 0) is 6.42 Å². The second-order valence-electron chi connectivity index (χ2n) is 5.46. The van der Waals surface area contributed by atoms with Gasteiger partial charge in [0.25, 0.3) is 0 Å². The monoisotopic (exact) mass is 297 g/mol. The van der Waals surface area contributed by atoms with Crippen LogP contribution in [0.3, 0.4) is 0 Å². The minimum Gasteiger partial charge on any atom is -0.388 e. The number of hydrogen-bond acceptors (Lipinski definition) is 3. The van der Waals surface area contributed by atoms with Crippen molar-refractivity contribution in [2.24, 2.45) is 0 Å². The minimum atomic E-state index is -0.459. The predicted molar refractivity (Wildman–Crippen MR) is 91.3 cm³/mol. The fourth-order valence-corrected chi connectivity index (χ4v) is 3.49. The normalized spacial score (nSPS) is 12.5. The zero-order chi connectivity index (χ0) is 14.8. The Labute approximate surface area is 129 Å². The topological polar surface area (TPSA) is 23.5 Å². The first-order valence-corrected chi connectivity index (χ1v) is 7.93. The number of fused-ring (bicyclic) bond motifs is 1. The lowest BCUT2D eigenvalue weighted by molar-refractivity contribution is 0.179. The molecule has 108 valence electrons. The molecule has 0 amide bonds. The van der Waals surface area contributed by atoms with Crippen molar-refractivity contribution in [2.75, 3.05) is 19.0 Å². The van der Waals surface area contributed by atoms with Crippen LogP contribution in [0.5, 0.6) is 0 Å². The summed E-state index contributed by atoms with van der Waals surface area (Å²) in [6.45, 7) is 0. The molecular weight excluding hydrogens is 278 g/mol. The van der Waals surface area contributed by atoms with Crippen LogP contribution in [0, 0.1) is 0 Å². The maximum absolute atomic E-state index is 10.5. The molecule has 0 aliphatic heterocycles. The molecule has 0 aliphatic rings. The van der Waals surface area contributed by atoms with E-state index in [0.29, 0.717) is 6.42 Å². The third kappa shape index (κ3) is 2.94. The van der Waals surface area contributed by atoms with Crippen molar-refractivity contribution in [2.45, 2.75) is 12.5 Å². The highest BCUT2D eigenvalue weighted by Crippen LogP contribution is 2.29. The standard InChI is InChI=1S/C18H19NOS/c1-19(2)15-9-7-13(8-10-15)17(20)11-14-12-21-18-6-4-3-5-16(14)18/h3-10,12,17,20H,11H2,1-2H3. The van der Waals surface area contributed by atoms with Crippen molar-refractivity contribution < 1.29 is 5.11 Å². The van der Waals surface area contributed by atoms with Crippen LogP contribution in [-0.4, -0.2) is 19.2 Å². The molecule has 0 radical (unpaired) electrons. The minimum absolute atomic E-state index is 0.459. The van der Waals surface area contributed by atoms with Gasteiger partial charge in [-0.25, -0.2) is 0 Å². The molecule has 1 N–H and O–H groups in total. The smallest absolute Gasteiger partial charge is 0.0830 e. The molecule has 0 spiro atoms. The van der Waals surface area contributed by atoms with Gasteiger partial charge in [-0.15, -0.1) is 11.3 Å². The van der Waals surface area contributed by atoms with E-state index >= 15 is 0 Å². The summed E-state index contributed by atoms with van der Waals surface area (Å²) in [5, 5.41) is 13.9. The molecule has 1 unspecified atom stereocenters. The van der Waals surface area contributed by atoms with E-state index in [9.17, 15) is 5.11 Å². The predicted octanol–water partition coefficient (Wildman–Crippen LogP) is 4.24. The maximum Gasteiger partial charge on any atom is 0.0830 e. The van der Waals surface area contributed by atoms with Crippen LogP contribution < -0.4 is 4.90 Å². The first kappa shape index (κ1) is 14.1. The van der Waals surface area contributed by atoms with Gasteiger partial charge in [-0.1, -0.05) is 30.3 Å². The summed E-state index contributed by atoms with van der Waals surface area (Å²) < 4.78 is 1.28. The zero-order valence-electron chi connectivity index (χ0n) is 12.3. The quantitative estimate of drug-likeness (QED) is 0.778. The Balaban J connectivity index is 1.81. The number of rotatable bonds is 4. The molecule has 1 aromatic heterocycles. The van der Waals surface area contributed by atoms with Gasteiger partial charge in [0.1, 0.15) is 0 Å². The van der Waals surface area contributed by atoms with Gasteiger partial charge in [-0.3, -0.25) is 0 Å². The molecule has 2 aromatic carbocycles. The van der Waals surface area contributed by atoms with E-state index in [0.717, 1.165) is 11.3 Å². The van der Waals surface area contributed by atoms with Gasteiger partial charge in [0, 0.05) is 30.9 Å². The highest BCUT2D eigenvalue weighted by molar-refractivity contribution is 7.17. The number of hydrogen-bond donors (Lipinski definition) is 1. The summed E-state index contributed by atoms with van der Waals surface area (Å²) in [5.74, 6) is 0. The van der Waals surface area contributed by atoms with Crippen LogP contribution in [0.2, 0.25) is 0 Å². The Kier molecular flexibility index (Phi) is 3.95. The molecule has 0 aliphatic carbocycles. The molecule has 0 saturated heterocycles. The van der Waals surface area contributed by atoms with Gasteiger partial charge in [0.15, 0.2) is 0 Å². The molecule has 1 atom stereocenters. The van der Waals surface area contributed by atoms with Gasteiger partial charge in [0.05, 0.1) is 6.10 Å². The van der Waals surface area contributed by atoms with E-state index in [1.165, 1.54) is 15.6 Å². The fraction of sp³-hybridized carbons (Fsp3) is 0.222. The van der Waals surface area contributed by atoms with Gasteiger partial charge >= 0.3 is 0 Å². The zero-order valence-corrected chi connectivity index (χ0v) is 13.1. The van der Waals surface area contributed by atoms with Gasteiger partial charge in [-0.2, -0.15) is 0 Å². The Hall–Kier alpha value is -1.84. The van der Waals surface area contributed by atoms with E-state index < -0.39 is 6.10 Å². The molecule has 2 nitrogen and oxygen atoms in total. The number of aliphatic hydroxyl groups is 1. The molecule has 0 fully saturated rings. The number of aliphatic hydroxyl groups excluding tert-OH is 1. The van der Waals surface area contributed by atoms with Gasteiger partial charge in [0.2, 0.25) is 0 Å². The van der Waals surface area contributed by atoms with E-state index in [-0.39, 0.29) is 0 Å². The van der Waals surface area contributed by atoms with Crippen LogP contribution in [0.4, 0.5) is 5.69 Å². The van der Waals surface area contributed by atoms with Gasteiger partial charge < -0.3 is 10.0 Å². The summed E-state index contributed by atoms with van der Waals surface area (Å²) in [7, 11) is 4.03. The first-order chi connectivity index (χ1) is 10.1. The Bertz CT molecular complexity index is 730. The summed E-state index contributed by atoms with van der Waals surface area (Å²) in [6, 6.07) is 16.5. The second kappa shape index (κ2) is 5.88. The van der Waals surface area contributed by atoms with Crippen molar-refractivity contribution in [3.05, 3.63) is 65.0 Å². The second-order valence-corrected chi connectivity index (χ2v) is 6.37. The van der Waals surface area contributed by atoms with Crippen LogP contribution in [0.25, 0.3) is 10.1 Å². The van der Waals surface area contributed by atoms with Crippen LogP contribution in [0.1, 0.15) is 17.2 Å². The number of benzene rings is 2. The Morgan fingerprint density at radius 1 is 1.05 bits per heavy atom. The molecule has 21 heavy (non-hydrogen) atoms. The molecule has 3 rings (SSSR count). The highest BCUT2D eigenvalue weighted by Gasteiger charge is 2.12. The molecule has 0 saturated carbocycles. The average Bonchev–Trinajstić information content (AvgIpc) is 2.91. The summed E-state index contributed by atoms with van der Waals surface area (Å²) in [4.78, 5) is 2.06. The average molecular weight is 297 g/mol. The van der Waals surface area contributed by atoms with E-state index in [4.69, 9.17) is 0 Å². The first-order valence-electron chi connectivity index (χ1n) is 7.05. The summed E-state index contributed by atoms with van der Waals surface area (Å²) in [5.41, 5.74) is 3.34. The van der Waals surface area contributed by atoms with Crippen molar-refractivity contribution >= 4 is 27.1 Å². The molecule has 3 heteroatoms. The molecule has 0 bridgehead atoms. The van der Waals surface area contributed by atoms with Crippen molar-refractivity contribution in [1.82, 2.24) is 0 Å². The molecular formula is C18H19NOS. The Morgan fingerprint density at radius 3 is 2.48 bits per heavy atom. The maximum atomic E-state index is 10.5. The third-order valence-electron chi connectivity index (χ3n) is 3.77. The lowest BCUT2D eigenvalue weighted by Crippen LogP contribution is -2.09. The number of nitrogens with zero attached hydrogens (tertiary/aromatic N) is 1. The highest BCUT2D eigenvalue weighted by atomic mass is 32.1. The van der Waals surface area contributed by atoms with E-state index in [1.807, 2.05) is 38.4 Å². The number of anilines is 1. The van der Waals surface area contributed by atoms with Crippen molar-refractivity contribution in [3.8, 4) is 0 Å². The number of thiophene rings is 1. The van der Waals surface area contributed by atoms with E-state index in [1.54, 1.807) is 11.3 Å². The lowest BCUT2D eigenvalue weighted by atomic mass is 10.0. The third-order valence-corrected chi connectivity index (χ3v) is 4.78. The van der Waals surface area contributed by atoms with Crippen LogP contribution >= 0.6 is 11.3 Å². The lowest BCUT2D eigenvalue weighted by Gasteiger charge is -2.15. The van der Waals surface area contributed by atoms with E-state index in [2.05, 4.69) is 34.5 Å². The van der Waals surface area contributed by atoms with Gasteiger partial charge in [-0.05, 0) is 40.1 Å². The van der Waals surface area contributed by atoms with Crippen LogP contribution in [0.15, 0.2) is 53.9 Å². The largest absolute Gasteiger partial charge is 0.388 e. The fourth-order valence-electron chi connectivity index (χ4n) is 2.51. The SMILES string of the molecule is CN(C)c1ccc(C(O)Cc2csc3ccccc23)cc1. The van der Waals surface area contributed by atoms with Crippen molar-refractivity contribution in [1.29, 1.82) is 0 Å². The molecule has 3 aromatic rings. The molecule has 1 heterocycles. The summed E-state index contributed by atoms with van der Waals surface area (Å²) >= 11 is 1.74.